The molecular weight excluding hydrogens is 417 g/mol. The van der Waals surface area contributed by atoms with Gasteiger partial charge in [0.25, 0.3) is 0 Å². The van der Waals surface area contributed by atoms with E-state index in [1.807, 2.05) is 19.1 Å². The van der Waals surface area contributed by atoms with Crippen molar-refractivity contribution in [3.63, 3.8) is 0 Å². The molecule has 0 saturated heterocycles. The van der Waals surface area contributed by atoms with Crippen LogP contribution in [0.1, 0.15) is 12.5 Å². The van der Waals surface area contributed by atoms with E-state index in [1.54, 1.807) is 12.1 Å². The summed E-state index contributed by atoms with van der Waals surface area (Å²) in [6, 6.07) is 6.87. The van der Waals surface area contributed by atoms with E-state index in [-0.39, 0.29) is 30.6 Å². The molecule has 0 aliphatic carbocycles. The van der Waals surface area contributed by atoms with Crippen LogP contribution in [0.25, 0.3) is 0 Å². The molecule has 0 bridgehead atoms. The summed E-state index contributed by atoms with van der Waals surface area (Å²) in [5.41, 5.74) is 1.05. The fraction of sp³-hybridized carbons (Fsp3) is 0.500. The van der Waals surface area contributed by atoms with Crippen LogP contribution in [-0.2, 0) is 16.3 Å². The number of aliphatic hydroxyl groups excluding tert-OH is 1. The normalized spacial score (nSPS) is 11.7. The van der Waals surface area contributed by atoms with Crippen molar-refractivity contribution in [1.82, 2.24) is 10.6 Å². The van der Waals surface area contributed by atoms with Crippen LogP contribution >= 0.6 is 24.0 Å². The van der Waals surface area contributed by atoms with E-state index in [0.29, 0.717) is 23.9 Å². The van der Waals surface area contributed by atoms with Gasteiger partial charge in [0.05, 0.1) is 18.0 Å². The molecule has 0 aromatic heterocycles. The first kappa shape index (κ1) is 21.1. The third-order valence-corrected chi connectivity index (χ3v) is 3.90. The zero-order valence-electron chi connectivity index (χ0n) is 12.9. The van der Waals surface area contributed by atoms with Crippen LogP contribution in [0, 0.1) is 0 Å². The second kappa shape index (κ2) is 10.8. The smallest absolute Gasteiger partial charge is 0.191 e. The summed E-state index contributed by atoms with van der Waals surface area (Å²) in [4.78, 5) is 4.51. The van der Waals surface area contributed by atoms with E-state index < -0.39 is 9.84 Å². The van der Waals surface area contributed by atoms with Crippen molar-refractivity contribution in [1.29, 1.82) is 0 Å². The van der Waals surface area contributed by atoms with Gasteiger partial charge in [0.15, 0.2) is 15.8 Å². The molecule has 1 aromatic rings. The molecule has 126 valence electrons. The summed E-state index contributed by atoms with van der Waals surface area (Å²) in [7, 11) is -3.14. The standard InChI is InChI=1S/C14H23N3O3S.HI/c1-3-15-14(17-10-11-18)16-9-8-12-4-6-13(7-5-12)21(2,19)20;/h4-7,18H,3,8-11H2,1-2H3,(H2,15,16,17);1H. The van der Waals surface area contributed by atoms with Gasteiger partial charge in [-0.3, -0.25) is 4.99 Å². The lowest BCUT2D eigenvalue weighted by Crippen LogP contribution is -2.38. The third-order valence-electron chi connectivity index (χ3n) is 2.77. The van der Waals surface area contributed by atoms with Crippen molar-refractivity contribution in [2.75, 3.05) is 32.5 Å². The van der Waals surface area contributed by atoms with Gasteiger partial charge in [-0.1, -0.05) is 12.1 Å². The zero-order chi connectivity index (χ0) is 15.7. The van der Waals surface area contributed by atoms with Gasteiger partial charge in [0.1, 0.15) is 0 Å². The van der Waals surface area contributed by atoms with Gasteiger partial charge in [-0.2, -0.15) is 0 Å². The molecular formula is C14H24IN3O3S. The number of aliphatic hydroxyl groups is 1. The second-order valence-corrected chi connectivity index (χ2v) is 6.59. The van der Waals surface area contributed by atoms with Gasteiger partial charge >= 0.3 is 0 Å². The average Bonchev–Trinajstić information content (AvgIpc) is 2.44. The van der Waals surface area contributed by atoms with Gasteiger partial charge in [-0.25, -0.2) is 8.42 Å². The molecule has 0 aliphatic heterocycles. The van der Waals surface area contributed by atoms with Gasteiger partial charge < -0.3 is 15.7 Å². The highest BCUT2D eigenvalue weighted by molar-refractivity contribution is 14.0. The maximum Gasteiger partial charge on any atom is 0.191 e. The number of nitrogens with zero attached hydrogens (tertiary/aromatic N) is 1. The van der Waals surface area contributed by atoms with Crippen LogP contribution in [0.15, 0.2) is 34.2 Å². The Balaban J connectivity index is 0.00000441. The topological polar surface area (TPSA) is 90.8 Å². The summed E-state index contributed by atoms with van der Waals surface area (Å²) < 4.78 is 22.7. The van der Waals surface area contributed by atoms with Crippen molar-refractivity contribution < 1.29 is 13.5 Å². The second-order valence-electron chi connectivity index (χ2n) is 4.58. The van der Waals surface area contributed by atoms with Gasteiger partial charge in [-0.05, 0) is 31.0 Å². The first-order chi connectivity index (χ1) is 9.97. The lowest BCUT2D eigenvalue weighted by Gasteiger charge is -2.11. The van der Waals surface area contributed by atoms with Crippen molar-refractivity contribution in [2.45, 2.75) is 18.2 Å². The average molecular weight is 441 g/mol. The Kier molecular flexibility index (Phi) is 10.4. The number of halogens is 1. The number of benzene rings is 1. The van der Waals surface area contributed by atoms with Gasteiger partial charge in [0.2, 0.25) is 0 Å². The third kappa shape index (κ3) is 7.95. The number of sulfone groups is 1. The molecule has 0 unspecified atom stereocenters. The van der Waals surface area contributed by atoms with Gasteiger partial charge in [-0.15, -0.1) is 24.0 Å². The molecule has 0 atom stereocenters. The quantitative estimate of drug-likeness (QED) is 0.331. The Morgan fingerprint density at radius 1 is 1.23 bits per heavy atom. The molecule has 0 saturated carbocycles. The number of guanidine groups is 1. The summed E-state index contributed by atoms with van der Waals surface area (Å²) in [5.74, 6) is 0.666. The van der Waals surface area contributed by atoms with Crippen LogP contribution in [-0.4, -0.2) is 52.0 Å². The molecule has 1 aromatic carbocycles. The highest BCUT2D eigenvalue weighted by atomic mass is 127. The minimum absolute atomic E-state index is 0. The van der Waals surface area contributed by atoms with E-state index in [9.17, 15) is 8.42 Å². The number of hydrogen-bond donors (Lipinski definition) is 3. The lowest BCUT2D eigenvalue weighted by molar-refractivity contribution is 0.306. The largest absolute Gasteiger partial charge is 0.394 e. The summed E-state index contributed by atoms with van der Waals surface area (Å²) in [5, 5.41) is 15.0. The van der Waals surface area contributed by atoms with Crippen molar-refractivity contribution >= 4 is 39.8 Å². The minimum Gasteiger partial charge on any atom is -0.394 e. The highest BCUT2D eigenvalue weighted by Crippen LogP contribution is 2.10. The maximum absolute atomic E-state index is 11.4. The van der Waals surface area contributed by atoms with E-state index in [1.165, 1.54) is 6.26 Å². The van der Waals surface area contributed by atoms with Crippen LogP contribution in [0.5, 0.6) is 0 Å². The number of aliphatic imine (C=N–C) groups is 1. The van der Waals surface area contributed by atoms with Crippen molar-refractivity contribution in [3.8, 4) is 0 Å². The van der Waals surface area contributed by atoms with Crippen LogP contribution in [0.2, 0.25) is 0 Å². The van der Waals surface area contributed by atoms with Crippen molar-refractivity contribution in [2.24, 2.45) is 4.99 Å². The van der Waals surface area contributed by atoms with E-state index in [0.717, 1.165) is 18.5 Å². The predicted molar refractivity (Wildman–Crippen MR) is 99.7 cm³/mol. The monoisotopic (exact) mass is 441 g/mol. The first-order valence-electron chi connectivity index (χ1n) is 6.89. The molecule has 8 heteroatoms. The highest BCUT2D eigenvalue weighted by Gasteiger charge is 2.06. The summed E-state index contributed by atoms with van der Waals surface area (Å²) in [6.07, 6.45) is 1.96. The SMILES string of the molecule is CCNC(=NCCO)NCCc1ccc(S(C)(=O)=O)cc1.I. The van der Waals surface area contributed by atoms with Gasteiger partial charge in [0, 0.05) is 19.3 Å². The predicted octanol–water partition coefficient (Wildman–Crippen LogP) is 0.798. The molecule has 6 nitrogen and oxygen atoms in total. The Bertz CT molecular complexity index is 559. The Hall–Kier alpha value is -0.870. The number of rotatable bonds is 7. The number of hydrogen-bond acceptors (Lipinski definition) is 4. The van der Waals surface area contributed by atoms with E-state index >= 15 is 0 Å². The Labute approximate surface area is 149 Å². The summed E-state index contributed by atoms with van der Waals surface area (Å²) >= 11 is 0. The fourth-order valence-corrected chi connectivity index (χ4v) is 2.36. The Morgan fingerprint density at radius 3 is 2.36 bits per heavy atom. The first-order valence-corrected chi connectivity index (χ1v) is 8.78. The van der Waals surface area contributed by atoms with Crippen LogP contribution < -0.4 is 10.6 Å². The molecule has 3 N–H and O–H groups in total. The Morgan fingerprint density at radius 2 is 1.86 bits per heavy atom. The fourth-order valence-electron chi connectivity index (χ4n) is 1.73. The number of nitrogens with one attached hydrogen (secondary N) is 2. The molecule has 0 radical (unpaired) electrons. The van der Waals surface area contributed by atoms with E-state index in [2.05, 4.69) is 15.6 Å². The molecule has 22 heavy (non-hydrogen) atoms. The van der Waals surface area contributed by atoms with Crippen LogP contribution in [0.3, 0.4) is 0 Å². The zero-order valence-corrected chi connectivity index (χ0v) is 16.0. The molecule has 1 rings (SSSR count). The molecule has 0 heterocycles. The maximum atomic E-state index is 11.4. The summed E-state index contributed by atoms with van der Waals surface area (Å²) in [6.45, 7) is 3.78. The molecule has 0 fully saturated rings. The molecule has 0 aliphatic rings. The van der Waals surface area contributed by atoms with Crippen LogP contribution in [0.4, 0.5) is 0 Å². The van der Waals surface area contributed by atoms with E-state index in [4.69, 9.17) is 5.11 Å². The minimum atomic E-state index is -3.14. The molecule has 0 spiro atoms. The molecule has 0 amide bonds. The van der Waals surface area contributed by atoms with Crippen molar-refractivity contribution in [3.05, 3.63) is 29.8 Å². The lowest BCUT2D eigenvalue weighted by atomic mass is 10.1.